The van der Waals surface area contributed by atoms with Gasteiger partial charge >= 0.3 is 172 Å². The van der Waals surface area contributed by atoms with Gasteiger partial charge in [-0.05, 0) is 0 Å². The zero-order valence-corrected chi connectivity index (χ0v) is 18.7. The van der Waals surface area contributed by atoms with Crippen LogP contribution >= 0.6 is 29.6 Å². The maximum Gasteiger partial charge on any atom is -0.147 e. The third-order valence-corrected chi connectivity index (χ3v) is 12.5. The molecule has 0 aliphatic heterocycles. The molecule has 0 N–H and O–H groups in total. The summed E-state index contributed by atoms with van der Waals surface area (Å²) in [6.07, 6.45) is 2.69. The van der Waals surface area contributed by atoms with E-state index in [4.69, 9.17) is 11.2 Å². The van der Waals surface area contributed by atoms with E-state index >= 15 is 0 Å². The summed E-state index contributed by atoms with van der Waals surface area (Å²) in [5, 5.41) is 3.52. The van der Waals surface area contributed by atoms with Gasteiger partial charge in [-0.25, -0.2) is 0 Å². The maximum absolute atomic E-state index is 8.05. The summed E-state index contributed by atoms with van der Waals surface area (Å²) in [4.78, 5) is 4.54. The monoisotopic (exact) mass is 439 g/mol. The van der Waals surface area contributed by atoms with Crippen LogP contribution in [0.4, 0.5) is 0 Å². The number of hydrogen-bond donors (Lipinski definition) is 0. The summed E-state index contributed by atoms with van der Waals surface area (Å²) in [5.74, 6) is -3.27. The third-order valence-electron chi connectivity index (χ3n) is 5.34. The van der Waals surface area contributed by atoms with Crippen molar-refractivity contribution in [1.82, 2.24) is 4.98 Å². The van der Waals surface area contributed by atoms with Crippen molar-refractivity contribution in [3.63, 3.8) is 0 Å². The fourth-order valence-electron chi connectivity index (χ4n) is 3.87. The van der Waals surface area contributed by atoms with Crippen LogP contribution in [0.3, 0.4) is 0 Å². The Morgan fingerprint density at radius 2 is 1.07 bits per heavy atom. The zero-order chi connectivity index (χ0) is 19.5. The smallest absolute Gasteiger partial charge is 0.147 e. The van der Waals surface area contributed by atoms with Crippen molar-refractivity contribution in [2.45, 2.75) is 13.1 Å². The molecule has 0 aliphatic rings. The van der Waals surface area contributed by atoms with E-state index in [1.54, 1.807) is 0 Å². The number of benzene rings is 3. The molecule has 0 spiro atoms. The van der Waals surface area contributed by atoms with Gasteiger partial charge in [0.1, 0.15) is 0 Å². The molecule has 0 amide bonds. The van der Waals surface area contributed by atoms with E-state index in [0.29, 0.717) is 0 Å². The third kappa shape index (κ3) is 3.83. The number of nitrogens with zero attached hydrogens (tertiary/aromatic N) is 1. The van der Waals surface area contributed by atoms with Gasteiger partial charge in [-0.2, -0.15) is 0 Å². The Hall–Kier alpha value is -2.18. The maximum atomic E-state index is 8.05. The van der Waals surface area contributed by atoms with Crippen molar-refractivity contribution in [3.8, 4) is 0 Å². The second-order valence-electron chi connectivity index (χ2n) is 7.16. The van der Waals surface area contributed by atoms with Crippen LogP contribution < -0.4 is 15.9 Å². The number of pyridine rings is 1. The van der Waals surface area contributed by atoms with Crippen molar-refractivity contribution >= 4 is 45.5 Å². The normalized spacial score (nSPS) is 12.4. The van der Waals surface area contributed by atoms with E-state index in [1.807, 2.05) is 31.3 Å². The average molecular weight is 440 g/mol. The van der Waals surface area contributed by atoms with Crippen molar-refractivity contribution in [2.75, 3.05) is 0 Å². The Morgan fingerprint density at radius 1 is 0.655 bits per heavy atom. The second kappa shape index (κ2) is 8.67. The minimum atomic E-state index is -3.27. The molecule has 0 atom stereocenters. The van der Waals surface area contributed by atoms with Gasteiger partial charge in [-0.15, -0.1) is 12.4 Å². The van der Waals surface area contributed by atoms with Crippen LogP contribution in [0, 0.1) is 6.92 Å². The van der Waals surface area contributed by atoms with Crippen LogP contribution in [0.25, 0.3) is 0 Å². The molecule has 3 aromatic carbocycles. The van der Waals surface area contributed by atoms with Crippen molar-refractivity contribution in [3.05, 3.63) is 121 Å². The van der Waals surface area contributed by atoms with E-state index in [2.05, 4.69) is 89.9 Å². The molecule has 1 nitrogen and oxygen atoms in total. The minimum Gasteiger partial charge on any atom is -0.147 e. The summed E-state index contributed by atoms with van der Waals surface area (Å²) in [6, 6.07) is 35.9. The Labute approximate surface area is 183 Å². The Bertz CT molecular complexity index is 953. The van der Waals surface area contributed by atoms with Gasteiger partial charge in [0.15, 0.2) is 0 Å². The predicted octanol–water partition coefficient (Wildman–Crippen LogP) is 6.00. The molecule has 1 aromatic heterocycles. The van der Waals surface area contributed by atoms with Gasteiger partial charge < -0.3 is 0 Å². The topological polar surface area (TPSA) is 12.9 Å². The van der Waals surface area contributed by atoms with E-state index < -0.39 is 5.96 Å². The molecule has 0 unspecified atom stereocenters. The van der Waals surface area contributed by atoms with E-state index in [-0.39, 0.29) is 12.4 Å². The number of halogens is 2. The van der Waals surface area contributed by atoms with Crippen LogP contribution in [0.1, 0.15) is 11.3 Å². The van der Waals surface area contributed by atoms with Gasteiger partial charge in [-0.1, -0.05) is 0 Å². The van der Waals surface area contributed by atoms with Gasteiger partial charge in [0, 0.05) is 0 Å². The summed E-state index contributed by atoms with van der Waals surface area (Å²) < 4.78 is 0. The first-order valence-electron chi connectivity index (χ1n) is 9.42. The molecule has 0 radical (unpaired) electrons. The summed E-state index contributed by atoms with van der Waals surface area (Å²) in [7, 11) is 0. The number of aryl methyl sites for hydroxylation is 1. The van der Waals surface area contributed by atoms with Crippen molar-refractivity contribution in [1.29, 1.82) is 0 Å². The van der Waals surface area contributed by atoms with Gasteiger partial charge in [0.05, 0.1) is 0 Å². The molecule has 4 rings (SSSR count). The first-order valence-corrected chi connectivity index (χ1v) is 12.7. The fourth-order valence-corrected chi connectivity index (χ4v) is 10.00. The number of rotatable bonds is 5. The Kier molecular flexibility index (Phi) is 6.44. The first kappa shape index (κ1) is 21.5. The molecule has 0 aliphatic carbocycles. The van der Waals surface area contributed by atoms with Crippen LogP contribution in [0.15, 0.2) is 109 Å². The van der Waals surface area contributed by atoms with Crippen LogP contribution in [-0.4, -0.2) is 4.98 Å². The Balaban J connectivity index is 0.00000240. The molecule has 0 fully saturated rings. The molecule has 1 heterocycles. The molecular weight excluding hydrogens is 416 g/mol. The standard InChI is InChI=1S/C25H23ClNP.ClH/c1-21-17-18-22(19-27-21)20-28(26,23-11-5-2-6-12-23,24-13-7-3-8-14-24)25-15-9-4-10-16-25;/h2-19H,20H2,1H3;1H. The molecular formula is C25H24Cl2NP. The first-order chi connectivity index (χ1) is 13.6. The quantitative estimate of drug-likeness (QED) is 0.347. The van der Waals surface area contributed by atoms with Crippen molar-refractivity contribution < 1.29 is 0 Å². The number of hydrogen-bond acceptors (Lipinski definition) is 1. The number of aromatic nitrogens is 1. The average Bonchev–Trinajstić information content (AvgIpc) is 2.77. The largest absolute Gasteiger partial charge is 0.147 e. The van der Waals surface area contributed by atoms with E-state index in [1.165, 1.54) is 15.9 Å². The Morgan fingerprint density at radius 3 is 1.41 bits per heavy atom. The summed E-state index contributed by atoms with van der Waals surface area (Å²) in [6.45, 7) is 2.01. The van der Waals surface area contributed by atoms with E-state index in [0.717, 1.165) is 17.4 Å². The molecule has 4 heteroatoms. The molecule has 148 valence electrons. The van der Waals surface area contributed by atoms with Crippen LogP contribution in [-0.2, 0) is 6.16 Å². The predicted molar refractivity (Wildman–Crippen MR) is 131 cm³/mol. The molecule has 0 bridgehead atoms. The van der Waals surface area contributed by atoms with Gasteiger partial charge in [0.2, 0.25) is 0 Å². The summed E-state index contributed by atoms with van der Waals surface area (Å²) >= 11 is 8.05. The molecule has 0 saturated carbocycles. The fraction of sp³-hybridized carbons (Fsp3) is 0.0800. The SMILES string of the molecule is Cc1ccc(CP(Cl)(c2ccccc2)(c2ccccc2)c2ccccc2)cn1.Cl. The molecule has 4 aromatic rings. The zero-order valence-electron chi connectivity index (χ0n) is 16.3. The minimum absolute atomic E-state index is 0. The van der Waals surface area contributed by atoms with Crippen LogP contribution in [0.5, 0.6) is 0 Å². The van der Waals surface area contributed by atoms with Gasteiger partial charge in [0.25, 0.3) is 0 Å². The van der Waals surface area contributed by atoms with E-state index in [9.17, 15) is 0 Å². The van der Waals surface area contributed by atoms with Crippen molar-refractivity contribution in [2.24, 2.45) is 0 Å². The van der Waals surface area contributed by atoms with Crippen LogP contribution in [0.2, 0.25) is 0 Å². The van der Waals surface area contributed by atoms with Gasteiger partial charge in [-0.3, -0.25) is 0 Å². The molecule has 29 heavy (non-hydrogen) atoms. The second-order valence-corrected chi connectivity index (χ2v) is 13.6. The summed E-state index contributed by atoms with van der Waals surface area (Å²) in [5.41, 5.74) is 2.16. The molecule has 0 saturated heterocycles.